The number of fused-ring (bicyclic) bond motifs is 7. The molecule has 0 aromatic rings. The van der Waals surface area contributed by atoms with Crippen LogP contribution >= 0.6 is 0 Å². The van der Waals surface area contributed by atoms with Crippen molar-refractivity contribution < 1.29 is 9.90 Å². The average molecular weight is 400 g/mol. The molecular formula is C24H37N3O2. The monoisotopic (exact) mass is 399 g/mol. The van der Waals surface area contributed by atoms with E-state index in [0.717, 1.165) is 48.3 Å². The highest BCUT2D eigenvalue weighted by atomic mass is 16.3. The van der Waals surface area contributed by atoms with Crippen LogP contribution < -0.4 is 5.32 Å². The standard InChI is InChI=1S/C24H37N3O2/c1-23(29)7-5-15-14(12-23)3-4-17-16(15)6-8-24(2)21(17)18-11-19(18)22(24)20(28)13-26-9-10-27-25/h9-10,14-19,21-22,25-26,29H,3-8,11-13H2,1-2H3/b10-9-,27-25?/t14-,15+,16-,17-,18-,19+,21-,22-,23-,24+/m1/s1. The van der Waals surface area contributed by atoms with Gasteiger partial charge >= 0.3 is 0 Å². The Morgan fingerprint density at radius 3 is 2.69 bits per heavy atom. The largest absolute Gasteiger partial charge is 0.390 e. The van der Waals surface area contributed by atoms with Crippen LogP contribution in [0.4, 0.5) is 0 Å². The van der Waals surface area contributed by atoms with Crippen LogP contribution in [0.15, 0.2) is 17.5 Å². The Bertz CT molecular complexity index is 719. The van der Waals surface area contributed by atoms with Crippen molar-refractivity contribution >= 4 is 5.78 Å². The molecule has 10 atom stereocenters. The van der Waals surface area contributed by atoms with Crippen molar-refractivity contribution in [2.75, 3.05) is 6.54 Å². The van der Waals surface area contributed by atoms with Crippen molar-refractivity contribution in [1.29, 1.82) is 5.53 Å². The number of Topliss-reactive ketones (excluding diaryl/α,β-unsaturated/α-hetero) is 1. The molecule has 5 fully saturated rings. The fraction of sp³-hybridized carbons (Fsp3) is 0.875. The smallest absolute Gasteiger partial charge is 0.155 e. The van der Waals surface area contributed by atoms with Gasteiger partial charge in [0.25, 0.3) is 0 Å². The van der Waals surface area contributed by atoms with Gasteiger partial charge in [-0.3, -0.25) is 4.79 Å². The molecule has 0 aliphatic heterocycles. The molecule has 0 heterocycles. The second kappa shape index (κ2) is 6.90. The molecule has 5 heteroatoms. The molecule has 0 unspecified atom stereocenters. The summed E-state index contributed by atoms with van der Waals surface area (Å²) in [5.74, 6) is 5.90. The maximum absolute atomic E-state index is 13.2. The number of hydrogen-bond acceptors (Lipinski definition) is 5. The fourth-order valence-corrected chi connectivity index (χ4v) is 9.01. The topological polar surface area (TPSA) is 85.5 Å². The zero-order valence-electron chi connectivity index (χ0n) is 17.9. The second-order valence-corrected chi connectivity index (χ2v) is 11.5. The molecule has 29 heavy (non-hydrogen) atoms. The summed E-state index contributed by atoms with van der Waals surface area (Å²) >= 11 is 0. The van der Waals surface area contributed by atoms with Gasteiger partial charge in [-0.2, -0.15) is 5.11 Å². The number of rotatable bonds is 5. The second-order valence-electron chi connectivity index (χ2n) is 11.5. The molecule has 160 valence electrons. The molecule has 5 saturated carbocycles. The summed E-state index contributed by atoms with van der Waals surface area (Å²) in [6.45, 7) is 4.85. The van der Waals surface area contributed by atoms with E-state index in [4.69, 9.17) is 5.53 Å². The Labute approximate surface area is 174 Å². The normalized spacial score (nSPS) is 52.8. The molecule has 0 saturated heterocycles. The van der Waals surface area contributed by atoms with Crippen LogP contribution in [-0.4, -0.2) is 23.0 Å². The quantitative estimate of drug-likeness (QED) is 0.594. The molecule has 0 aromatic heterocycles. The van der Waals surface area contributed by atoms with Crippen LogP contribution in [0.25, 0.3) is 0 Å². The average Bonchev–Trinajstić information content (AvgIpc) is 3.38. The van der Waals surface area contributed by atoms with Gasteiger partial charge < -0.3 is 10.4 Å². The Balaban J connectivity index is 1.32. The van der Waals surface area contributed by atoms with Gasteiger partial charge in [-0.1, -0.05) is 6.92 Å². The third-order valence-electron chi connectivity index (χ3n) is 9.91. The summed E-state index contributed by atoms with van der Waals surface area (Å²) in [4.78, 5) is 13.2. The van der Waals surface area contributed by atoms with Crippen LogP contribution in [0.2, 0.25) is 0 Å². The molecule has 0 spiro atoms. The van der Waals surface area contributed by atoms with E-state index >= 15 is 0 Å². The van der Waals surface area contributed by atoms with Crippen LogP contribution in [-0.2, 0) is 4.79 Å². The molecule has 5 nitrogen and oxygen atoms in total. The molecule has 3 N–H and O–H groups in total. The van der Waals surface area contributed by atoms with E-state index in [9.17, 15) is 9.90 Å². The summed E-state index contributed by atoms with van der Waals surface area (Å²) in [7, 11) is 0. The molecular weight excluding hydrogens is 362 g/mol. The van der Waals surface area contributed by atoms with E-state index < -0.39 is 5.60 Å². The van der Waals surface area contributed by atoms with E-state index in [1.807, 2.05) is 6.92 Å². The number of aliphatic hydroxyl groups is 1. The Morgan fingerprint density at radius 1 is 1.10 bits per heavy atom. The lowest BCUT2D eigenvalue weighted by Crippen LogP contribution is -2.52. The van der Waals surface area contributed by atoms with Crippen molar-refractivity contribution in [2.45, 2.75) is 70.8 Å². The van der Waals surface area contributed by atoms with Gasteiger partial charge in [0.15, 0.2) is 5.78 Å². The summed E-state index contributed by atoms with van der Waals surface area (Å²) in [6.07, 6.45) is 12.5. The molecule has 5 aliphatic rings. The Morgan fingerprint density at radius 2 is 1.90 bits per heavy atom. The van der Waals surface area contributed by atoms with Crippen molar-refractivity contribution in [3.63, 3.8) is 0 Å². The lowest BCUT2D eigenvalue weighted by molar-refractivity contribution is -0.135. The minimum Gasteiger partial charge on any atom is -0.390 e. The first-order valence-electron chi connectivity index (χ1n) is 11.9. The molecule has 5 rings (SSSR count). The zero-order chi connectivity index (χ0) is 20.4. The first kappa shape index (κ1) is 19.7. The summed E-state index contributed by atoms with van der Waals surface area (Å²) in [5, 5.41) is 16.8. The number of nitrogens with zero attached hydrogens (tertiary/aromatic N) is 1. The van der Waals surface area contributed by atoms with E-state index in [0.29, 0.717) is 18.2 Å². The van der Waals surface area contributed by atoms with Gasteiger partial charge in [0, 0.05) is 12.1 Å². The molecule has 0 aromatic carbocycles. The third-order valence-corrected chi connectivity index (χ3v) is 9.91. The number of nitrogens with one attached hydrogen (secondary N) is 2. The molecule has 0 bridgehead atoms. The minimum absolute atomic E-state index is 0.185. The number of hydrogen-bond donors (Lipinski definition) is 3. The van der Waals surface area contributed by atoms with Crippen LogP contribution in [0.1, 0.15) is 65.2 Å². The Kier molecular flexibility index (Phi) is 4.69. The van der Waals surface area contributed by atoms with Crippen molar-refractivity contribution in [3.8, 4) is 0 Å². The van der Waals surface area contributed by atoms with Gasteiger partial charge in [0.1, 0.15) is 0 Å². The van der Waals surface area contributed by atoms with Crippen LogP contribution in [0.3, 0.4) is 0 Å². The fourth-order valence-electron chi connectivity index (χ4n) is 9.01. The van der Waals surface area contributed by atoms with E-state index in [1.54, 1.807) is 6.20 Å². The van der Waals surface area contributed by atoms with E-state index in [-0.39, 0.29) is 11.3 Å². The minimum atomic E-state index is -0.446. The first-order chi connectivity index (χ1) is 13.9. The lowest BCUT2D eigenvalue weighted by Gasteiger charge is -2.57. The van der Waals surface area contributed by atoms with Gasteiger partial charge in [-0.05, 0) is 105 Å². The number of carbonyl (C=O) groups is 1. The summed E-state index contributed by atoms with van der Waals surface area (Å²) in [5.41, 5.74) is 6.56. The van der Waals surface area contributed by atoms with E-state index in [1.165, 1.54) is 44.7 Å². The summed E-state index contributed by atoms with van der Waals surface area (Å²) in [6, 6.07) is 0. The number of ketones is 1. The highest BCUT2D eigenvalue weighted by Gasteiger charge is 2.70. The predicted molar refractivity (Wildman–Crippen MR) is 111 cm³/mol. The highest BCUT2D eigenvalue weighted by molar-refractivity contribution is 5.85. The lowest BCUT2D eigenvalue weighted by atomic mass is 9.48. The molecule has 0 amide bonds. The predicted octanol–water partition coefficient (Wildman–Crippen LogP) is 4.52. The van der Waals surface area contributed by atoms with Crippen molar-refractivity contribution in [2.24, 2.45) is 57.9 Å². The SMILES string of the molecule is C[C@@]1(O)CC[C@H]2[C@H](CC[C@@H]3[C@@H]2CC[C@@]2(C)[C@H]3[C@@H]3C[C@@H]3[C@@H]2C(=O)CN/C=C\N=N)C1. The molecule has 5 aliphatic carbocycles. The maximum Gasteiger partial charge on any atom is 0.155 e. The van der Waals surface area contributed by atoms with Crippen LogP contribution in [0, 0.1) is 58.3 Å². The van der Waals surface area contributed by atoms with Gasteiger partial charge in [0.05, 0.1) is 18.3 Å². The first-order valence-corrected chi connectivity index (χ1v) is 11.9. The highest BCUT2D eigenvalue weighted by Crippen LogP contribution is 2.74. The van der Waals surface area contributed by atoms with Crippen molar-refractivity contribution in [1.82, 2.24) is 5.32 Å². The van der Waals surface area contributed by atoms with E-state index in [2.05, 4.69) is 17.4 Å². The van der Waals surface area contributed by atoms with Gasteiger partial charge in [0.2, 0.25) is 0 Å². The van der Waals surface area contributed by atoms with Crippen LogP contribution in [0.5, 0.6) is 0 Å². The third kappa shape index (κ3) is 3.10. The summed E-state index contributed by atoms with van der Waals surface area (Å²) < 4.78 is 0. The van der Waals surface area contributed by atoms with Crippen molar-refractivity contribution in [3.05, 3.63) is 12.4 Å². The number of carbonyl (C=O) groups excluding carboxylic acids is 1. The Hall–Kier alpha value is -1.23. The van der Waals surface area contributed by atoms with Gasteiger partial charge in [-0.15, -0.1) is 0 Å². The molecule has 0 radical (unpaired) electrons. The van der Waals surface area contributed by atoms with Gasteiger partial charge in [-0.25, -0.2) is 5.53 Å². The zero-order valence-corrected chi connectivity index (χ0v) is 17.9. The maximum atomic E-state index is 13.2.